The largest absolute Gasteiger partial charge is 0.481 e. The van der Waals surface area contributed by atoms with Crippen LogP contribution in [0.25, 0.3) is 0 Å². The number of carbonyl (C=O) groups is 1. The summed E-state index contributed by atoms with van der Waals surface area (Å²) < 4.78 is 0. The first-order valence-electron chi connectivity index (χ1n) is 6.15. The second kappa shape index (κ2) is 4.02. The van der Waals surface area contributed by atoms with Crippen LogP contribution in [-0.2, 0) is 4.79 Å². The lowest BCUT2D eigenvalue weighted by Crippen LogP contribution is -2.47. The summed E-state index contributed by atoms with van der Waals surface area (Å²) in [5.74, 6) is 0.291. The van der Waals surface area contributed by atoms with Gasteiger partial charge in [-0.2, -0.15) is 0 Å². The van der Waals surface area contributed by atoms with Gasteiger partial charge in [0.15, 0.2) is 0 Å². The lowest BCUT2D eigenvalue weighted by molar-refractivity contribution is -0.138. The molecule has 0 bridgehead atoms. The Morgan fingerprint density at radius 3 is 2.88 bits per heavy atom. The van der Waals surface area contributed by atoms with E-state index in [2.05, 4.69) is 16.0 Å². The maximum absolute atomic E-state index is 10.6. The van der Waals surface area contributed by atoms with E-state index in [9.17, 15) is 4.79 Å². The van der Waals surface area contributed by atoms with Crippen LogP contribution >= 0.6 is 0 Å². The second-order valence-corrected chi connectivity index (χ2v) is 5.08. The lowest BCUT2D eigenvalue weighted by atomic mass is 9.95. The summed E-state index contributed by atoms with van der Waals surface area (Å²) >= 11 is 0. The molecular weight excluding hydrogens is 216 g/mol. The van der Waals surface area contributed by atoms with Crippen molar-refractivity contribution in [3.8, 4) is 0 Å². The summed E-state index contributed by atoms with van der Waals surface area (Å²) in [7, 11) is 0. The van der Waals surface area contributed by atoms with Crippen LogP contribution in [0.1, 0.15) is 30.9 Å². The number of aromatic nitrogens is 1. The van der Waals surface area contributed by atoms with Crippen molar-refractivity contribution in [3.63, 3.8) is 0 Å². The number of hydrogen-bond acceptors (Lipinski definition) is 3. The highest BCUT2D eigenvalue weighted by molar-refractivity contribution is 5.68. The minimum atomic E-state index is -0.692. The second-order valence-electron chi connectivity index (χ2n) is 5.08. The highest BCUT2D eigenvalue weighted by atomic mass is 16.4. The Hall–Kier alpha value is -1.58. The topological polar surface area (TPSA) is 53.4 Å². The quantitative estimate of drug-likeness (QED) is 0.861. The van der Waals surface area contributed by atoms with Gasteiger partial charge in [-0.3, -0.25) is 9.78 Å². The fourth-order valence-electron chi connectivity index (χ4n) is 2.39. The molecule has 1 N–H and O–H groups in total. The van der Waals surface area contributed by atoms with E-state index in [-0.39, 0.29) is 6.42 Å². The molecule has 0 unspecified atom stereocenters. The van der Waals surface area contributed by atoms with Crippen molar-refractivity contribution in [2.75, 3.05) is 18.0 Å². The van der Waals surface area contributed by atoms with Crippen LogP contribution in [0.2, 0.25) is 0 Å². The van der Waals surface area contributed by atoms with Crippen LogP contribution in [0.5, 0.6) is 0 Å². The summed E-state index contributed by atoms with van der Waals surface area (Å²) in [4.78, 5) is 17.2. The van der Waals surface area contributed by atoms with Gasteiger partial charge in [-0.05, 0) is 25.0 Å². The van der Waals surface area contributed by atoms with E-state index in [1.807, 2.05) is 12.3 Å². The molecule has 4 heteroatoms. The molecule has 2 fully saturated rings. The van der Waals surface area contributed by atoms with Crippen molar-refractivity contribution < 1.29 is 9.90 Å². The molecule has 0 amide bonds. The molecule has 0 atom stereocenters. The number of rotatable bonds is 4. The monoisotopic (exact) mass is 232 g/mol. The van der Waals surface area contributed by atoms with Crippen molar-refractivity contribution in [1.29, 1.82) is 0 Å². The van der Waals surface area contributed by atoms with E-state index in [1.54, 1.807) is 0 Å². The Morgan fingerprint density at radius 2 is 2.24 bits per heavy atom. The van der Waals surface area contributed by atoms with Gasteiger partial charge >= 0.3 is 5.97 Å². The molecule has 3 rings (SSSR count). The van der Waals surface area contributed by atoms with E-state index in [0.717, 1.165) is 13.1 Å². The maximum Gasteiger partial charge on any atom is 0.303 e. The van der Waals surface area contributed by atoms with Gasteiger partial charge in [0.2, 0.25) is 0 Å². The average Bonchev–Trinajstić information content (AvgIpc) is 3.06. The molecular formula is C13H16N2O2. The molecule has 90 valence electrons. The third-order valence-corrected chi connectivity index (χ3v) is 3.55. The summed E-state index contributed by atoms with van der Waals surface area (Å²) in [6, 6.07) is 4.18. The standard InChI is InChI=1S/C13H16N2O2/c16-13(17)5-9-7-15(8-9)11-3-4-14-12(6-11)10-1-2-10/h3-4,6,9-10H,1-2,5,7-8H2,(H,16,17). The molecule has 1 aromatic heterocycles. The predicted octanol–water partition coefficient (Wildman–Crippen LogP) is 1.87. The fourth-order valence-corrected chi connectivity index (χ4v) is 2.39. The molecule has 1 saturated heterocycles. The molecule has 17 heavy (non-hydrogen) atoms. The Bertz CT molecular complexity index is 437. The Balaban J connectivity index is 1.62. The summed E-state index contributed by atoms with van der Waals surface area (Å²) in [6.07, 6.45) is 4.68. The van der Waals surface area contributed by atoms with Crippen LogP contribution in [0.15, 0.2) is 18.3 Å². The number of nitrogens with zero attached hydrogens (tertiary/aromatic N) is 2. The highest BCUT2D eigenvalue weighted by Crippen LogP contribution is 2.40. The van der Waals surface area contributed by atoms with Gasteiger partial charge in [0.1, 0.15) is 0 Å². The molecule has 1 saturated carbocycles. The van der Waals surface area contributed by atoms with E-state index in [4.69, 9.17) is 5.11 Å². The SMILES string of the molecule is O=C(O)CC1CN(c2ccnc(C3CC3)c2)C1. The van der Waals surface area contributed by atoms with Crippen LogP contribution in [-0.4, -0.2) is 29.1 Å². The summed E-state index contributed by atoms with van der Waals surface area (Å²) in [5, 5.41) is 8.70. The first-order valence-corrected chi connectivity index (χ1v) is 6.15. The average molecular weight is 232 g/mol. The highest BCUT2D eigenvalue weighted by Gasteiger charge is 2.30. The van der Waals surface area contributed by atoms with E-state index in [0.29, 0.717) is 11.8 Å². The van der Waals surface area contributed by atoms with Gasteiger partial charge < -0.3 is 10.0 Å². The van der Waals surface area contributed by atoms with Crippen LogP contribution in [0.3, 0.4) is 0 Å². The molecule has 1 aliphatic heterocycles. The van der Waals surface area contributed by atoms with Crippen molar-refractivity contribution in [1.82, 2.24) is 4.98 Å². The van der Waals surface area contributed by atoms with E-state index >= 15 is 0 Å². The van der Waals surface area contributed by atoms with Gasteiger partial charge in [0.25, 0.3) is 0 Å². The third-order valence-electron chi connectivity index (χ3n) is 3.55. The molecule has 0 radical (unpaired) electrons. The first kappa shape index (κ1) is 10.6. The van der Waals surface area contributed by atoms with Crippen molar-refractivity contribution in [3.05, 3.63) is 24.0 Å². The van der Waals surface area contributed by atoms with E-state index in [1.165, 1.54) is 24.2 Å². The summed E-state index contributed by atoms with van der Waals surface area (Å²) in [6.45, 7) is 1.72. The molecule has 4 nitrogen and oxygen atoms in total. The van der Waals surface area contributed by atoms with Gasteiger partial charge in [-0.1, -0.05) is 0 Å². The first-order chi connectivity index (χ1) is 8.22. The molecule has 0 aromatic carbocycles. The number of pyridine rings is 1. The normalized spacial score (nSPS) is 20.1. The van der Waals surface area contributed by atoms with Crippen LogP contribution in [0.4, 0.5) is 5.69 Å². The summed E-state index contributed by atoms with van der Waals surface area (Å²) in [5.41, 5.74) is 2.40. The van der Waals surface area contributed by atoms with Crippen LogP contribution in [0, 0.1) is 5.92 Å². The molecule has 1 aromatic rings. The zero-order valence-electron chi connectivity index (χ0n) is 9.67. The van der Waals surface area contributed by atoms with Crippen molar-refractivity contribution in [2.45, 2.75) is 25.2 Å². The van der Waals surface area contributed by atoms with E-state index < -0.39 is 5.97 Å². The molecule has 2 heterocycles. The fraction of sp³-hybridized carbons (Fsp3) is 0.538. The zero-order chi connectivity index (χ0) is 11.8. The number of carboxylic acids is 1. The molecule has 1 aliphatic carbocycles. The minimum Gasteiger partial charge on any atom is -0.481 e. The lowest BCUT2D eigenvalue weighted by Gasteiger charge is -2.40. The van der Waals surface area contributed by atoms with Crippen molar-refractivity contribution >= 4 is 11.7 Å². The van der Waals surface area contributed by atoms with Gasteiger partial charge in [-0.15, -0.1) is 0 Å². The number of carboxylic acid groups (broad SMARTS) is 1. The van der Waals surface area contributed by atoms with Gasteiger partial charge in [0.05, 0.1) is 6.42 Å². The van der Waals surface area contributed by atoms with Gasteiger partial charge in [0, 0.05) is 42.5 Å². The molecule has 0 spiro atoms. The smallest absolute Gasteiger partial charge is 0.303 e. The Kier molecular flexibility index (Phi) is 2.50. The predicted molar refractivity (Wildman–Crippen MR) is 64.2 cm³/mol. The minimum absolute atomic E-state index is 0.289. The van der Waals surface area contributed by atoms with Crippen molar-refractivity contribution in [2.24, 2.45) is 5.92 Å². The Labute approximate surface area is 100 Å². The third kappa shape index (κ3) is 2.25. The van der Waals surface area contributed by atoms with Gasteiger partial charge in [-0.25, -0.2) is 0 Å². The Morgan fingerprint density at radius 1 is 1.47 bits per heavy atom. The zero-order valence-corrected chi connectivity index (χ0v) is 9.67. The van der Waals surface area contributed by atoms with Crippen LogP contribution < -0.4 is 4.90 Å². The number of aliphatic carboxylic acids is 1. The molecule has 2 aliphatic rings. The number of anilines is 1. The maximum atomic E-state index is 10.6. The number of hydrogen-bond donors (Lipinski definition) is 1.